The summed E-state index contributed by atoms with van der Waals surface area (Å²) in [7, 11) is 3.23. The van der Waals surface area contributed by atoms with Gasteiger partial charge in [-0.15, -0.1) is 0 Å². The van der Waals surface area contributed by atoms with Crippen LogP contribution >= 0.6 is 0 Å². The number of carbonyl (C=O) groups is 2. The van der Waals surface area contributed by atoms with Crippen LogP contribution in [0.3, 0.4) is 0 Å². The van der Waals surface area contributed by atoms with E-state index in [1.807, 2.05) is 44.2 Å². The van der Waals surface area contributed by atoms with Gasteiger partial charge in [-0.05, 0) is 63.8 Å². The molecule has 4 atom stereocenters. The second-order valence-corrected chi connectivity index (χ2v) is 9.30. The Morgan fingerprint density at radius 3 is 2.47 bits per heavy atom. The number of aromatic nitrogens is 1. The fraction of sp³-hybridized carbons (Fsp3) is 0.500. The third-order valence-corrected chi connectivity index (χ3v) is 6.89. The van der Waals surface area contributed by atoms with E-state index in [0.717, 1.165) is 42.8 Å². The molecule has 1 aromatic heterocycles. The van der Waals surface area contributed by atoms with Gasteiger partial charge in [-0.3, -0.25) is 9.59 Å². The Kier molecular flexibility index (Phi) is 7.36. The zero-order valence-corrected chi connectivity index (χ0v) is 20.3. The number of fused-ring (bicyclic) bond motifs is 2. The molecule has 4 rings (SSSR count). The van der Waals surface area contributed by atoms with E-state index in [1.54, 1.807) is 20.4 Å². The minimum atomic E-state index is -0.152. The molecular weight excluding hydrogens is 432 g/mol. The Bertz CT molecular complexity index is 1010. The van der Waals surface area contributed by atoms with Crippen LogP contribution < -0.4 is 20.3 Å². The summed E-state index contributed by atoms with van der Waals surface area (Å²) in [5.74, 6) is 1.41. The van der Waals surface area contributed by atoms with E-state index in [4.69, 9.17) is 9.47 Å². The van der Waals surface area contributed by atoms with Crippen molar-refractivity contribution >= 4 is 17.6 Å². The van der Waals surface area contributed by atoms with E-state index in [9.17, 15) is 9.59 Å². The molecule has 34 heavy (non-hydrogen) atoms. The number of nitrogens with one attached hydrogen (secondary N) is 2. The van der Waals surface area contributed by atoms with Crippen LogP contribution in [0.25, 0.3) is 0 Å². The predicted octanol–water partition coefficient (Wildman–Crippen LogP) is 3.09. The van der Waals surface area contributed by atoms with Gasteiger partial charge in [0.25, 0.3) is 11.8 Å². The highest BCUT2D eigenvalue weighted by atomic mass is 16.5. The molecule has 0 spiro atoms. The Morgan fingerprint density at radius 1 is 1.12 bits per heavy atom. The van der Waals surface area contributed by atoms with Gasteiger partial charge in [-0.2, -0.15) is 0 Å². The number of piperidine rings is 1. The number of ether oxygens (including phenoxy) is 2. The number of nitrogens with zero attached hydrogens (tertiary/aromatic N) is 2. The van der Waals surface area contributed by atoms with E-state index in [2.05, 4.69) is 20.5 Å². The molecule has 0 aliphatic carbocycles. The summed E-state index contributed by atoms with van der Waals surface area (Å²) in [6.07, 6.45) is 5.55. The molecule has 2 saturated heterocycles. The molecule has 2 bridgehead atoms. The van der Waals surface area contributed by atoms with Crippen molar-refractivity contribution in [3.8, 4) is 5.75 Å². The van der Waals surface area contributed by atoms with Crippen LogP contribution in [-0.2, 0) is 4.74 Å². The first-order chi connectivity index (χ1) is 16.4. The van der Waals surface area contributed by atoms with Gasteiger partial charge >= 0.3 is 0 Å². The second kappa shape index (κ2) is 10.4. The van der Waals surface area contributed by atoms with Gasteiger partial charge < -0.3 is 25.0 Å². The van der Waals surface area contributed by atoms with Crippen molar-refractivity contribution in [3.05, 3.63) is 53.2 Å². The summed E-state index contributed by atoms with van der Waals surface area (Å²) in [5.41, 5.74) is 2.05. The highest BCUT2D eigenvalue weighted by Crippen LogP contribution is 2.38. The van der Waals surface area contributed by atoms with Gasteiger partial charge in [0.1, 0.15) is 11.6 Å². The fourth-order valence-corrected chi connectivity index (χ4v) is 5.29. The van der Waals surface area contributed by atoms with Crippen molar-refractivity contribution in [2.24, 2.45) is 0 Å². The van der Waals surface area contributed by atoms with E-state index in [1.165, 1.54) is 0 Å². The van der Waals surface area contributed by atoms with E-state index in [0.29, 0.717) is 29.8 Å². The maximum atomic E-state index is 13.0. The van der Waals surface area contributed by atoms with Crippen LogP contribution in [-0.4, -0.2) is 61.8 Å². The van der Waals surface area contributed by atoms with E-state index < -0.39 is 0 Å². The third-order valence-electron chi connectivity index (χ3n) is 6.89. The van der Waals surface area contributed by atoms with Crippen molar-refractivity contribution in [1.29, 1.82) is 0 Å². The van der Waals surface area contributed by atoms with Gasteiger partial charge in [0.05, 0.1) is 19.3 Å². The summed E-state index contributed by atoms with van der Waals surface area (Å²) >= 11 is 0. The van der Waals surface area contributed by atoms with Crippen LogP contribution in [0.5, 0.6) is 5.75 Å². The second-order valence-electron chi connectivity index (χ2n) is 9.30. The van der Waals surface area contributed by atoms with Gasteiger partial charge in [-0.1, -0.05) is 6.07 Å². The summed E-state index contributed by atoms with van der Waals surface area (Å²) in [6, 6.07) is 10.0. The summed E-state index contributed by atoms with van der Waals surface area (Å²) in [5, 5.41) is 6.16. The Balaban J connectivity index is 1.39. The molecular formula is C26H34N4O4. The van der Waals surface area contributed by atoms with Crippen LogP contribution in [0.1, 0.15) is 58.9 Å². The van der Waals surface area contributed by atoms with Gasteiger partial charge in [0.15, 0.2) is 0 Å². The molecule has 3 heterocycles. The first-order valence-corrected chi connectivity index (χ1v) is 11.9. The number of carbonyl (C=O) groups excluding carboxylic acids is 2. The molecule has 2 amide bonds. The average molecular weight is 467 g/mol. The minimum absolute atomic E-state index is 0.0505. The molecule has 1 unspecified atom stereocenters. The number of benzene rings is 1. The first kappa shape index (κ1) is 24.0. The topological polar surface area (TPSA) is 92.8 Å². The molecule has 0 saturated carbocycles. The summed E-state index contributed by atoms with van der Waals surface area (Å²) in [4.78, 5) is 32.4. The number of amides is 2. The molecule has 182 valence electrons. The Hall–Kier alpha value is -3.13. The highest BCUT2D eigenvalue weighted by Gasteiger charge is 2.42. The summed E-state index contributed by atoms with van der Waals surface area (Å²) < 4.78 is 10.4. The predicted molar refractivity (Wildman–Crippen MR) is 131 cm³/mol. The zero-order valence-electron chi connectivity index (χ0n) is 20.3. The lowest BCUT2D eigenvalue weighted by Crippen LogP contribution is -2.50. The highest BCUT2D eigenvalue weighted by molar-refractivity contribution is 5.96. The molecule has 2 aliphatic rings. The molecule has 8 nitrogen and oxygen atoms in total. The molecule has 0 radical (unpaired) electrons. The van der Waals surface area contributed by atoms with Crippen LogP contribution in [0, 0.1) is 6.92 Å². The maximum Gasteiger partial charge on any atom is 0.253 e. The largest absolute Gasteiger partial charge is 0.496 e. The molecule has 1 aromatic carbocycles. The number of methoxy groups -OCH3 is 2. The monoisotopic (exact) mass is 466 g/mol. The lowest BCUT2D eigenvalue weighted by molar-refractivity contribution is 0.0902. The maximum absolute atomic E-state index is 13.0. The summed E-state index contributed by atoms with van der Waals surface area (Å²) in [6.45, 7) is 4.27. The third kappa shape index (κ3) is 5.01. The molecule has 2 fully saturated rings. The van der Waals surface area contributed by atoms with Crippen LogP contribution in [0.4, 0.5) is 5.82 Å². The molecule has 2 aromatic rings. The van der Waals surface area contributed by atoms with E-state index in [-0.39, 0.29) is 23.9 Å². The lowest BCUT2D eigenvalue weighted by Gasteiger charge is -2.40. The number of rotatable bonds is 8. The number of hydrogen-bond donors (Lipinski definition) is 2. The fourth-order valence-electron chi connectivity index (χ4n) is 5.29. The van der Waals surface area contributed by atoms with Crippen molar-refractivity contribution in [3.63, 3.8) is 0 Å². The average Bonchev–Trinajstić information content (AvgIpc) is 3.09. The Labute approximate surface area is 201 Å². The van der Waals surface area contributed by atoms with Crippen molar-refractivity contribution in [1.82, 2.24) is 15.6 Å². The molecule has 2 aliphatic heterocycles. The van der Waals surface area contributed by atoms with Gasteiger partial charge in [0, 0.05) is 48.6 Å². The standard InChI is InChI=1S/C26H34N4O4/c1-16(15-33-3)28-25(31)18-8-11-24(27-14-18)30-20-9-10-21(30)13-19(12-20)29-26(32)22-6-5-7-23(34-4)17(22)2/h5-8,11,14,16,19-21H,9-10,12-13,15H2,1-4H3,(H,28,31)(H,29,32)/t16-,19?,20-,21+/m0/s1. The zero-order chi connectivity index (χ0) is 24.2. The van der Waals surface area contributed by atoms with Crippen LogP contribution in [0.2, 0.25) is 0 Å². The van der Waals surface area contributed by atoms with Crippen molar-refractivity contribution < 1.29 is 19.1 Å². The first-order valence-electron chi connectivity index (χ1n) is 11.9. The molecule has 2 N–H and O–H groups in total. The molecule has 8 heteroatoms. The van der Waals surface area contributed by atoms with Crippen molar-refractivity contribution in [2.75, 3.05) is 25.7 Å². The number of pyridine rings is 1. The number of anilines is 1. The SMILES string of the molecule is COC[C@H](C)NC(=O)c1ccc(N2[C@@H]3CC[C@H]2CC(NC(=O)c2cccc(OC)c2C)C3)nc1. The quantitative estimate of drug-likeness (QED) is 0.621. The van der Waals surface area contributed by atoms with Crippen LogP contribution in [0.15, 0.2) is 36.5 Å². The minimum Gasteiger partial charge on any atom is -0.496 e. The van der Waals surface area contributed by atoms with Crippen molar-refractivity contribution in [2.45, 2.75) is 63.7 Å². The normalized spacial score (nSPS) is 22.2. The smallest absolute Gasteiger partial charge is 0.253 e. The lowest BCUT2D eigenvalue weighted by atomic mass is 9.96. The Morgan fingerprint density at radius 2 is 1.85 bits per heavy atom. The van der Waals surface area contributed by atoms with E-state index >= 15 is 0 Å². The number of hydrogen-bond acceptors (Lipinski definition) is 6. The van der Waals surface area contributed by atoms with Gasteiger partial charge in [0.2, 0.25) is 0 Å². The van der Waals surface area contributed by atoms with Gasteiger partial charge in [-0.25, -0.2) is 4.98 Å².